The minimum atomic E-state index is 0. The molecular formula is C3H4EuNS. The average molecular weight is 238 g/mol. The number of thioether (sulfide) groups is 1. The van der Waals surface area contributed by atoms with Crippen molar-refractivity contribution in [2.75, 3.05) is 12.3 Å². The van der Waals surface area contributed by atoms with Gasteiger partial charge >= 0.3 is 0 Å². The zero-order valence-electron chi connectivity index (χ0n) is 3.15. The molecule has 34 valence electrons. The molecule has 1 aliphatic rings. The Hall–Kier alpha value is 1.60. The summed E-state index contributed by atoms with van der Waals surface area (Å²) in [6, 6.07) is 0. The van der Waals surface area contributed by atoms with E-state index >= 15 is 0 Å². The van der Waals surface area contributed by atoms with Crippen LogP contribution in [0, 0.1) is 49.4 Å². The summed E-state index contributed by atoms with van der Waals surface area (Å²) in [5.74, 6) is 1.14. The van der Waals surface area contributed by atoms with Crippen LogP contribution in [0.5, 0.6) is 0 Å². The van der Waals surface area contributed by atoms with E-state index in [1.165, 1.54) is 0 Å². The first kappa shape index (κ1) is 7.60. The number of nitrogens with zero attached hydrogens (tertiary/aromatic N) is 1. The van der Waals surface area contributed by atoms with Gasteiger partial charge in [0.15, 0.2) is 0 Å². The second-order valence-electron chi connectivity index (χ2n) is 0.821. The molecule has 0 atom stereocenters. The summed E-state index contributed by atoms with van der Waals surface area (Å²) < 4.78 is 0. The third-order valence-corrected chi connectivity index (χ3v) is 1.08. The van der Waals surface area contributed by atoms with E-state index in [1.807, 2.05) is 0 Å². The quantitative estimate of drug-likeness (QED) is 0.603. The van der Waals surface area contributed by atoms with E-state index < -0.39 is 0 Å². The van der Waals surface area contributed by atoms with Crippen molar-refractivity contribution >= 4 is 17.3 Å². The molecule has 2 radical (unpaired) electrons. The second kappa shape index (κ2) is 4.76. The molecule has 0 amide bonds. The van der Waals surface area contributed by atoms with Gasteiger partial charge in [-0.05, 0) is 0 Å². The van der Waals surface area contributed by atoms with Crippen LogP contribution in [0.4, 0.5) is 0 Å². The van der Waals surface area contributed by atoms with E-state index in [1.54, 1.807) is 11.8 Å². The maximum atomic E-state index is 3.80. The average Bonchev–Trinajstić information content (AvgIpc) is 1.76. The molecule has 0 fully saturated rings. The molecule has 0 aromatic rings. The summed E-state index contributed by atoms with van der Waals surface area (Å²) in [5.41, 5.74) is 2.76. The van der Waals surface area contributed by atoms with Gasteiger partial charge in [0.05, 0.1) is 0 Å². The molecule has 0 saturated heterocycles. The molecule has 0 bridgehead atoms. The fourth-order valence-electron chi connectivity index (χ4n) is 0.228. The first-order chi connectivity index (χ1) is 2.50. The first-order valence-electron chi connectivity index (χ1n) is 1.53. The Morgan fingerprint density at radius 2 is 2.50 bits per heavy atom. The SMILES string of the molecule is [C]1=NCCS1.[Eu]. The molecule has 3 heteroatoms. The molecular weight excluding hydrogens is 234 g/mol. The van der Waals surface area contributed by atoms with E-state index in [4.69, 9.17) is 0 Å². The Kier molecular flexibility index (Phi) is 6.03. The minimum Gasteiger partial charge on any atom is -0.275 e. The second-order valence-corrected chi connectivity index (χ2v) is 1.70. The van der Waals surface area contributed by atoms with Gasteiger partial charge < -0.3 is 0 Å². The van der Waals surface area contributed by atoms with E-state index in [2.05, 4.69) is 10.5 Å². The molecule has 0 unspecified atom stereocenters. The Bertz CT molecular complexity index is 48.8. The number of aliphatic imine (C=N–C) groups is 1. The van der Waals surface area contributed by atoms with Gasteiger partial charge in [-0.1, -0.05) is 0 Å². The predicted molar refractivity (Wildman–Crippen MR) is 24.8 cm³/mol. The Morgan fingerprint density at radius 1 is 1.67 bits per heavy atom. The predicted octanol–water partition coefficient (Wildman–Crippen LogP) is 0.639. The van der Waals surface area contributed by atoms with Gasteiger partial charge in [0.2, 0.25) is 0 Å². The van der Waals surface area contributed by atoms with Crippen LogP contribution in [-0.4, -0.2) is 17.8 Å². The van der Waals surface area contributed by atoms with Crippen LogP contribution >= 0.6 is 11.8 Å². The molecule has 1 rings (SSSR count). The summed E-state index contributed by atoms with van der Waals surface area (Å²) in [6.45, 7) is 0.977. The Morgan fingerprint density at radius 3 is 2.67 bits per heavy atom. The molecule has 0 aromatic carbocycles. The maximum absolute atomic E-state index is 3.80. The molecule has 0 saturated carbocycles. The molecule has 1 heterocycles. The summed E-state index contributed by atoms with van der Waals surface area (Å²) in [6.07, 6.45) is 0. The van der Waals surface area contributed by atoms with Gasteiger partial charge in [-0.2, -0.15) is 0 Å². The van der Waals surface area contributed by atoms with Crippen molar-refractivity contribution in [3.05, 3.63) is 0 Å². The normalized spacial score (nSPS) is 17.3. The van der Waals surface area contributed by atoms with E-state index in [0.717, 1.165) is 12.3 Å². The fourth-order valence-corrected chi connectivity index (χ4v) is 0.685. The first-order valence-corrected chi connectivity index (χ1v) is 2.52. The van der Waals surface area contributed by atoms with Crippen LogP contribution in [0.2, 0.25) is 0 Å². The summed E-state index contributed by atoms with van der Waals surface area (Å²) in [5, 5.41) is 0. The van der Waals surface area contributed by atoms with Gasteiger partial charge in [-0.15, -0.1) is 11.8 Å². The Balaban J connectivity index is 0.000000250. The Labute approximate surface area is 82.5 Å². The van der Waals surface area contributed by atoms with Crippen molar-refractivity contribution < 1.29 is 49.4 Å². The van der Waals surface area contributed by atoms with Gasteiger partial charge in [0.25, 0.3) is 0 Å². The van der Waals surface area contributed by atoms with Crippen LogP contribution in [0.25, 0.3) is 0 Å². The maximum Gasteiger partial charge on any atom is 0.122 e. The monoisotopic (exact) mass is 239 g/mol. The van der Waals surface area contributed by atoms with Gasteiger partial charge in [-0.25, -0.2) is 0 Å². The number of hydrogen-bond acceptors (Lipinski definition) is 2. The van der Waals surface area contributed by atoms with Crippen molar-refractivity contribution in [2.45, 2.75) is 0 Å². The number of hydrogen-bond donors (Lipinski definition) is 0. The van der Waals surface area contributed by atoms with Crippen molar-refractivity contribution in [1.82, 2.24) is 0 Å². The molecule has 1 nitrogen and oxygen atoms in total. The molecule has 0 spiro atoms. The van der Waals surface area contributed by atoms with Crippen molar-refractivity contribution in [1.29, 1.82) is 0 Å². The van der Waals surface area contributed by atoms with Crippen LogP contribution in [-0.2, 0) is 0 Å². The van der Waals surface area contributed by atoms with Gasteiger partial charge in [0.1, 0.15) is 5.55 Å². The van der Waals surface area contributed by atoms with E-state index in [9.17, 15) is 0 Å². The van der Waals surface area contributed by atoms with Gasteiger partial charge in [-0.3, -0.25) is 4.99 Å². The summed E-state index contributed by atoms with van der Waals surface area (Å²) >= 11 is 1.66. The fraction of sp³-hybridized carbons (Fsp3) is 0.667. The van der Waals surface area contributed by atoms with Crippen molar-refractivity contribution in [3.8, 4) is 0 Å². The zero-order chi connectivity index (χ0) is 3.54. The topological polar surface area (TPSA) is 12.4 Å². The van der Waals surface area contributed by atoms with E-state index in [-0.39, 0.29) is 49.4 Å². The van der Waals surface area contributed by atoms with Crippen LogP contribution in [0.15, 0.2) is 4.99 Å². The van der Waals surface area contributed by atoms with Crippen molar-refractivity contribution in [3.63, 3.8) is 0 Å². The van der Waals surface area contributed by atoms with Crippen LogP contribution in [0.1, 0.15) is 0 Å². The largest absolute Gasteiger partial charge is 0.275 e. The zero-order valence-corrected chi connectivity index (χ0v) is 6.39. The third kappa shape index (κ3) is 2.72. The van der Waals surface area contributed by atoms with Crippen LogP contribution in [0.3, 0.4) is 0 Å². The molecule has 1 aliphatic heterocycles. The van der Waals surface area contributed by atoms with Gasteiger partial charge in [0, 0.05) is 61.7 Å². The molecule has 0 aliphatic carbocycles. The molecule has 0 N–H and O–H groups in total. The molecule has 0 aromatic heterocycles. The summed E-state index contributed by atoms with van der Waals surface area (Å²) in [7, 11) is 0. The minimum absolute atomic E-state index is 0. The third-order valence-electron chi connectivity index (χ3n) is 0.434. The van der Waals surface area contributed by atoms with E-state index in [0.29, 0.717) is 0 Å². The summed E-state index contributed by atoms with van der Waals surface area (Å²) in [4.78, 5) is 3.80. The molecule has 6 heavy (non-hydrogen) atoms. The number of rotatable bonds is 0. The smallest absolute Gasteiger partial charge is 0.122 e. The van der Waals surface area contributed by atoms with Crippen molar-refractivity contribution in [2.24, 2.45) is 4.99 Å². The van der Waals surface area contributed by atoms with Crippen LogP contribution < -0.4 is 0 Å². The standard InChI is InChI=1S/C3H4NS.Eu/c1-2-5-3-4-1;/h1-2H2;.